The van der Waals surface area contributed by atoms with E-state index in [0.717, 1.165) is 12.8 Å². The molecule has 0 radical (unpaired) electrons. The largest absolute Gasteiger partial charge is 0.396 e. The second-order valence-corrected chi connectivity index (χ2v) is 3.26. The first-order chi connectivity index (χ1) is 6.81. The molecule has 0 saturated carbocycles. The summed E-state index contributed by atoms with van der Waals surface area (Å²) in [5, 5.41) is 8.45. The van der Waals surface area contributed by atoms with Gasteiger partial charge in [-0.1, -0.05) is 26.2 Å². The van der Waals surface area contributed by atoms with Crippen molar-refractivity contribution >= 4 is 5.97 Å². The van der Waals surface area contributed by atoms with Crippen molar-refractivity contribution in [3.8, 4) is 0 Å². The fraction of sp³-hybridized carbons (Fsp3) is 0.900. The number of hydrogen-bond acceptors (Lipinski definition) is 4. The second kappa shape index (κ2) is 10.5. The van der Waals surface area contributed by atoms with Crippen LogP contribution in [0.25, 0.3) is 0 Å². The first-order valence-corrected chi connectivity index (χ1v) is 5.34. The molecule has 0 unspecified atom stereocenters. The monoisotopic (exact) mass is 203 g/mol. The highest BCUT2D eigenvalue weighted by Crippen LogP contribution is 2.02. The molecule has 84 valence electrons. The molecule has 0 heterocycles. The van der Waals surface area contributed by atoms with Crippen LogP contribution in [0.3, 0.4) is 0 Å². The smallest absolute Gasteiger partial charge is 0.324 e. The average molecular weight is 203 g/mol. The van der Waals surface area contributed by atoms with Gasteiger partial charge in [0.2, 0.25) is 0 Å². The summed E-state index contributed by atoms with van der Waals surface area (Å²) in [6, 6.07) is 0. The number of hydrogen-bond donors (Lipinski definition) is 2. The molecule has 14 heavy (non-hydrogen) atoms. The molecular formula is C10H21NO3. The standard InChI is InChI=1S/C10H21NO3/c1-2-3-4-5-7-10(13)14-11-8-6-9-12/h11-12H,2-9H2,1H3. The molecule has 0 aliphatic heterocycles. The third-order valence-electron chi connectivity index (χ3n) is 1.86. The predicted octanol–water partition coefficient (Wildman–Crippen LogP) is 1.39. The molecule has 0 aromatic carbocycles. The van der Waals surface area contributed by atoms with E-state index in [1.807, 2.05) is 0 Å². The molecular weight excluding hydrogens is 182 g/mol. The van der Waals surface area contributed by atoms with Gasteiger partial charge in [0.15, 0.2) is 0 Å². The number of unbranched alkanes of at least 4 members (excludes halogenated alkanes) is 3. The van der Waals surface area contributed by atoms with Crippen molar-refractivity contribution in [2.75, 3.05) is 13.2 Å². The van der Waals surface area contributed by atoms with Gasteiger partial charge in [0.25, 0.3) is 0 Å². The SMILES string of the molecule is CCCCCCC(=O)ONCCCO. The summed E-state index contributed by atoms with van der Waals surface area (Å²) in [6.45, 7) is 2.76. The molecule has 0 spiro atoms. The summed E-state index contributed by atoms with van der Waals surface area (Å²) in [6.07, 6.45) is 5.40. The molecule has 0 fully saturated rings. The van der Waals surface area contributed by atoms with Gasteiger partial charge in [0, 0.05) is 19.6 Å². The number of carbonyl (C=O) groups excluding carboxylic acids is 1. The first-order valence-electron chi connectivity index (χ1n) is 5.34. The van der Waals surface area contributed by atoms with Crippen LogP contribution >= 0.6 is 0 Å². The first kappa shape index (κ1) is 13.4. The number of rotatable bonds is 9. The van der Waals surface area contributed by atoms with Gasteiger partial charge in [-0.25, -0.2) is 0 Å². The number of aliphatic hydroxyl groups is 1. The minimum Gasteiger partial charge on any atom is -0.396 e. The number of nitrogens with one attached hydrogen (secondary N) is 1. The lowest BCUT2D eigenvalue weighted by Gasteiger charge is -2.04. The van der Waals surface area contributed by atoms with Crippen LogP contribution in [0.1, 0.15) is 45.4 Å². The molecule has 4 nitrogen and oxygen atoms in total. The number of aliphatic hydroxyl groups excluding tert-OH is 1. The third kappa shape index (κ3) is 9.48. The zero-order valence-corrected chi connectivity index (χ0v) is 8.92. The van der Waals surface area contributed by atoms with Crippen LogP contribution in [0, 0.1) is 0 Å². The van der Waals surface area contributed by atoms with Crippen molar-refractivity contribution < 1.29 is 14.7 Å². The summed E-state index contributed by atoms with van der Waals surface area (Å²) >= 11 is 0. The maximum atomic E-state index is 11.0. The molecule has 0 aromatic rings. The van der Waals surface area contributed by atoms with Gasteiger partial charge in [0.1, 0.15) is 0 Å². The van der Waals surface area contributed by atoms with Gasteiger partial charge in [-0.2, -0.15) is 5.48 Å². The van der Waals surface area contributed by atoms with E-state index < -0.39 is 0 Å². The van der Waals surface area contributed by atoms with E-state index in [9.17, 15) is 4.79 Å². The Labute approximate surface area is 85.6 Å². The fourth-order valence-electron chi connectivity index (χ4n) is 1.03. The van der Waals surface area contributed by atoms with Crippen LogP contribution in [0.4, 0.5) is 0 Å². The molecule has 0 atom stereocenters. The summed E-state index contributed by atoms with van der Waals surface area (Å²) in [5.41, 5.74) is 2.52. The third-order valence-corrected chi connectivity index (χ3v) is 1.86. The highest BCUT2D eigenvalue weighted by molar-refractivity contribution is 5.68. The number of carbonyl (C=O) groups is 1. The quantitative estimate of drug-likeness (QED) is 0.439. The Balaban J connectivity index is 3.11. The van der Waals surface area contributed by atoms with E-state index in [0.29, 0.717) is 19.4 Å². The lowest BCUT2D eigenvalue weighted by atomic mass is 10.2. The average Bonchev–Trinajstić information content (AvgIpc) is 2.19. The Morgan fingerprint density at radius 2 is 2.07 bits per heavy atom. The summed E-state index contributed by atoms with van der Waals surface area (Å²) < 4.78 is 0. The van der Waals surface area contributed by atoms with Gasteiger partial charge >= 0.3 is 5.97 Å². The lowest BCUT2D eigenvalue weighted by molar-refractivity contribution is -0.151. The predicted molar refractivity (Wildman–Crippen MR) is 54.6 cm³/mol. The molecule has 0 bridgehead atoms. The minimum atomic E-state index is -0.209. The molecule has 0 amide bonds. The van der Waals surface area contributed by atoms with Crippen molar-refractivity contribution in [3.63, 3.8) is 0 Å². The highest BCUT2D eigenvalue weighted by Gasteiger charge is 2.01. The van der Waals surface area contributed by atoms with Crippen molar-refractivity contribution in [1.29, 1.82) is 0 Å². The molecule has 0 rings (SSSR count). The Bertz CT molecular complexity index is 125. The van der Waals surface area contributed by atoms with Crippen LogP contribution < -0.4 is 5.48 Å². The molecule has 2 N–H and O–H groups in total. The van der Waals surface area contributed by atoms with Crippen LogP contribution in [0.2, 0.25) is 0 Å². The van der Waals surface area contributed by atoms with E-state index in [2.05, 4.69) is 12.4 Å². The van der Waals surface area contributed by atoms with Gasteiger partial charge in [0.05, 0.1) is 0 Å². The topological polar surface area (TPSA) is 58.6 Å². The normalized spacial score (nSPS) is 10.1. The zero-order valence-electron chi connectivity index (χ0n) is 8.92. The Morgan fingerprint density at radius 1 is 1.29 bits per heavy atom. The molecule has 0 aliphatic rings. The lowest BCUT2D eigenvalue weighted by Crippen LogP contribution is -2.21. The van der Waals surface area contributed by atoms with Crippen LogP contribution in [0.5, 0.6) is 0 Å². The van der Waals surface area contributed by atoms with Crippen molar-refractivity contribution in [1.82, 2.24) is 5.48 Å². The molecule has 0 aromatic heterocycles. The van der Waals surface area contributed by atoms with Crippen molar-refractivity contribution in [3.05, 3.63) is 0 Å². The Hall–Kier alpha value is -0.610. The molecule has 0 aliphatic carbocycles. The molecule has 4 heteroatoms. The summed E-state index contributed by atoms with van der Waals surface area (Å²) in [5.74, 6) is -0.209. The van der Waals surface area contributed by atoms with E-state index >= 15 is 0 Å². The van der Waals surface area contributed by atoms with E-state index in [1.54, 1.807) is 0 Å². The van der Waals surface area contributed by atoms with Crippen molar-refractivity contribution in [2.45, 2.75) is 45.4 Å². The minimum absolute atomic E-state index is 0.112. The Morgan fingerprint density at radius 3 is 2.71 bits per heavy atom. The maximum absolute atomic E-state index is 11.0. The maximum Gasteiger partial charge on any atom is 0.324 e. The van der Waals surface area contributed by atoms with Gasteiger partial charge in [-0.15, -0.1) is 0 Å². The van der Waals surface area contributed by atoms with Crippen LogP contribution in [-0.4, -0.2) is 24.2 Å². The zero-order chi connectivity index (χ0) is 10.6. The fourth-order valence-corrected chi connectivity index (χ4v) is 1.03. The Kier molecular flexibility index (Phi) is 10.0. The molecule has 0 saturated heterocycles. The number of hydroxylamine groups is 1. The van der Waals surface area contributed by atoms with Crippen molar-refractivity contribution in [2.24, 2.45) is 0 Å². The van der Waals surface area contributed by atoms with E-state index in [-0.39, 0.29) is 12.6 Å². The summed E-state index contributed by atoms with van der Waals surface area (Å²) in [7, 11) is 0. The summed E-state index contributed by atoms with van der Waals surface area (Å²) in [4.78, 5) is 15.7. The second-order valence-electron chi connectivity index (χ2n) is 3.26. The van der Waals surface area contributed by atoms with Gasteiger partial charge in [-0.3, -0.25) is 4.79 Å². The van der Waals surface area contributed by atoms with E-state index in [1.165, 1.54) is 12.8 Å². The van der Waals surface area contributed by atoms with Gasteiger partial charge < -0.3 is 9.94 Å². The van der Waals surface area contributed by atoms with E-state index in [4.69, 9.17) is 9.94 Å². The van der Waals surface area contributed by atoms with Crippen LogP contribution in [0.15, 0.2) is 0 Å². The highest BCUT2D eigenvalue weighted by atomic mass is 16.7. The van der Waals surface area contributed by atoms with Gasteiger partial charge in [-0.05, 0) is 12.8 Å². The van der Waals surface area contributed by atoms with Crippen LogP contribution in [-0.2, 0) is 9.63 Å².